The van der Waals surface area contributed by atoms with Crippen molar-refractivity contribution < 1.29 is 19.0 Å². The van der Waals surface area contributed by atoms with Crippen LogP contribution in [0.3, 0.4) is 0 Å². The Bertz CT molecular complexity index is 1510. The third-order valence-corrected chi connectivity index (χ3v) is 9.43. The van der Waals surface area contributed by atoms with E-state index in [2.05, 4.69) is 26.8 Å². The van der Waals surface area contributed by atoms with Gasteiger partial charge in [-0.15, -0.1) is 0 Å². The molecule has 4 heteroatoms. The molecule has 2 aliphatic carbocycles. The number of benzene rings is 4. The van der Waals surface area contributed by atoms with E-state index in [1.807, 2.05) is 103 Å². The minimum absolute atomic E-state index is 0.0616. The second-order valence-electron chi connectivity index (χ2n) is 12.2. The van der Waals surface area contributed by atoms with Crippen LogP contribution >= 0.6 is 0 Å². The van der Waals surface area contributed by atoms with Crippen molar-refractivity contribution in [2.24, 2.45) is 16.7 Å². The maximum atomic E-state index is 13.7. The summed E-state index contributed by atoms with van der Waals surface area (Å²) in [6.07, 6.45) is 4.04. The molecule has 0 aliphatic heterocycles. The van der Waals surface area contributed by atoms with Gasteiger partial charge in [0.05, 0.1) is 0 Å². The van der Waals surface area contributed by atoms with E-state index in [0.29, 0.717) is 37.1 Å². The van der Waals surface area contributed by atoms with Crippen molar-refractivity contribution in [3.63, 3.8) is 0 Å². The van der Waals surface area contributed by atoms with Crippen molar-refractivity contribution in [2.45, 2.75) is 53.4 Å². The number of ketones is 1. The highest BCUT2D eigenvalue weighted by Crippen LogP contribution is 2.65. The predicted molar refractivity (Wildman–Crippen MR) is 166 cm³/mol. The molecular formula is C38H38O4. The van der Waals surface area contributed by atoms with Gasteiger partial charge in [-0.05, 0) is 70.2 Å². The van der Waals surface area contributed by atoms with E-state index in [0.717, 1.165) is 40.7 Å². The summed E-state index contributed by atoms with van der Waals surface area (Å²) < 4.78 is 19.3. The lowest BCUT2D eigenvalue weighted by Gasteiger charge is -2.31. The van der Waals surface area contributed by atoms with E-state index in [1.54, 1.807) is 0 Å². The number of allylic oxidation sites excluding steroid dienone is 1. The third-order valence-electron chi connectivity index (χ3n) is 9.43. The van der Waals surface area contributed by atoms with Gasteiger partial charge in [-0.1, -0.05) is 112 Å². The zero-order valence-electron chi connectivity index (χ0n) is 24.6. The van der Waals surface area contributed by atoms with Crippen LogP contribution in [0.5, 0.6) is 17.2 Å². The molecule has 0 radical (unpaired) electrons. The number of hydrogen-bond acceptors (Lipinski definition) is 4. The summed E-state index contributed by atoms with van der Waals surface area (Å²) in [7, 11) is 0. The van der Waals surface area contributed by atoms with Crippen molar-refractivity contribution in [1.82, 2.24) is 0 Å². The van der Waals surface area contributed by atoms with Gasteiger partial charge in [0.15, 0.2) is 17.3 Å². The Morgan fingerprint density at radius 3 is 1.57 bits per heavy atom. The van der Waals surface area contributed by atoms with Crippen molar-refractivity contribution >= 4 is 11.9 Å². The van der Waals surface area contributed by atoms with E-state index in [1.165, 1.54) is 0 Å². The molecule has 0 saturated heterocycles. The normalized spacial score (nSPS) is 21.5. The Morgan fingerprint density at radius 2 is 1.14 bits per heavy atom. The molecule has 2 bridgehead atoms. The zero-order valence-corrected chi connectivity index (χ0v) is 24.6. The number of carbonyl (C=O) groups is 1. The molecule has 0 spiro atoms. The molecule has 0 heterocycles. The maximum Gasteiger partial charge on any atom is 0.203 e. The van der Waals surface area contributed by atoms with Gasteiger partial charge in [0.2, 0.25) is 5.75 Å². The molecule has 214 valence electrons. The molecule has 0 N–H and O–H groups in total. The first-order valence-electron chi connectivity index (χ1n) is 14.8. The van der Waals surface area contributed by atoms with Crippen LogP contribution in [0.4, 0.5) is 0 Å². The van der Waals surface area contributed by atoms with Crippen LogP contribution < -0.4 is 14.2 Å². The summed E-state index contributed by atoms with van der Waals surface area (Å²) in [6.45, 7) is 7.76. The summed E-state index contributed by atoms with van der Waals surface area (Å²) in [4.78, 5) is 13.7. The molecule has 4 aromatic rings. The second kappa shape index (κ2) is 11.5. The highest BCUT2D eigenvalue weighted by atomic mass is 16.5. The summed E-state index contributed by atoms with van der Waals surface area (Å²) >= 11 is 0. The predicted octanol–water partition coefficient (Wildman–Crippen LogP) is 8.83. The van der Waals surface area contributed by atoms with Gasteiger partial charge in [-0.25, -0.2) is 0 Å². The lowest BCUT2D eigenvalue weighted by Crippen LogP contribution is -2.32. The van der Waals surface area contributed by atoms with E-state index in [-0.39, 0.29) is 22.5 Å². The van der Waals surface area contributed by atoms with Crippen molar-refractivity contribution in [2.75, 3.05) is 0 Å². The highest BCUT2D eigenvalue weighted by molar-refractivity contribution is 6.08. The molecule has 0 aromatic heterocycles. The molecule has 0 amide bonds. The quantitative estimate of drug-likeness (QED) is 0.182. The SMILES string of the molecule is CC12CCC(C(=Cc3cc(OCc4ccccc4)c(OCc4ccccc4)c(OCc4ccccc4)c3)C1=O)C2(C)C. The molecule has 4 aromatic carbocycles. The molecule has 2 unspecified atom stereocenters. The number of carbonyl (C=O) groups excluding carboxylic acids is 1. The number of Topliss-reactive ketones (excluding diaryl/α,β-unsaturated/α-hetero) is 1. The van der Waals surface area contributed by atoms with E-state index in [4.69, 9.17) is 14.2 Å². The fourth-order valence-electron chi connectivity index (χ4n) is 6.51. The minimum atomic E-state index is -0.318. The van der Waals surface area contributed by atoms with E-state index in [9.17, 15) is 4.79 Å². The van der Waals surface area contributed by atoms with Crippen LogP contribution in [0.15, 0.2) is 109 Å². The number of rotatable bonds is 10. The highest BCUT2D eigenvalue weighted by Gasteiger charge is 2.63. The van der Waals surface area contributed by atoms with Crippen LogP contribution in [-0.2, 0) is 24.6 Å². The number of fused-ring (bicyclic) bond motifs is 2. The first kappa shape index (κ1) is 27.8. The first-order valence-corrected chi connectivity index (χ1v) is 14.8. The summed E-state index contributed by atoms with van der Waals surface area (Å²) in [5.41, 5.74) is 4.57. The van der Waals surface area contributed by atoms with Crippen molar-refractivity contribution in [3.8, 4) is 17.2 Å². The van der Waals surface area contributed by atoms with Crippen LogP contribution in [0.2, 0.25) is 0 Å². The van der Waals surface area contributed by atoms with Gasteiger partial charge in [0.1, 0.15) is 19.8 Å². The summed E-state index contributed by atoms with van der Waals surface area (Å²) in [5.74, 6) is 2.25. The van der Waals surface area contributed by atoms with Crippen molar-refractivity contribution in [3.05, 3.63) is 131 Å². The van der Waals surface area contributed by atoms with Crippen LogP contribution in [0.1, 0.15) is 55.9 Å². The topological polar surface area (TPSA) is 44.8 Å². The first-order chi connectivity index (χ1) is 20.3. The summed E-state index contributed by atoms with van der Waals surface area (Å²) in [5, 5.41) is 0. The lowest BCUT2D eigenvalue weighted by molar-refractivity contribution is -0.125. The fraction of sp³-hybridized carbons (Fsp3) is 0.289. The Balaban J connectivity index is 1.40. The van der Waals surface area contributed by atoms with Gasteiger partial charge in [-0.2, -0.15) is 0 Å². The Labute approximate surface area is 249 Å². The second-order valence-corrected chi connectivity index (χ2v) is 12.2. The van der Waals surface area contributed by atoms with Gasteiger partial charge in [0.25, 0.3) is 0 Å². The average molecular weight is 559 g/mol. The Morgan fingerprint density at radius 1 is 0.690 bits per heavy atom. The monoisotopic (exact) mass is 558 g/mol. The van der Waals surface area contributed by atoms with E-state index < -0.39 is 0 Å². The smallest absolute Gasteiger partial charge is 0.203 e. The largest absolute Gasteiger partial charge is 0.485 e. The minimum Gasteiger partial charge on any atom is -0.485 e. The van der Waals surface area contributed by atoms with Gasteiger partial charge >= 0.3 is 0 Å². The molecular weight excluding hydrogens is 520 g/mol. The standard InChI is InChI=1S/C38H38O4/c1-37(2)32-19-20-38(37,3)36(39)31(32)21-30-22-33(40-24-27-13-7-4-8-14-27)35(42-26-29-17-11-6-12-18-29)34(23-30)41-25-28-15-9-5-10-16-28/h4-18,21-23,32H,19-20,24-26H2,1-3H3. The molecule has 2 fully saturated rings. The van der Waals surface area contributed by atoms with Crippen LogP contribution in [-0.4, -0.2) is 5.78 Å². The molecule has 6 rings (SSSR count). The molecule has 2 atom stereocenters. The van der Waals surface area contributed by atoms with E-state index >= 15 is 0 Å². The summed E-state index contributed by atoms with van der Waals surface area (Å²) in [6, 6.07) is 34.2. The number of ether oxygens (including phenoxy) is 3. The lowest BCUT2D eigenvalue weighted by atomic mass is 9.70. The van der Waals surface area contributed by atoms with Crippen molar-refractivity contribution in [1.29, 1.82) is 0 Å². The molecule has 42 heavy (non-hydrogen) atoms. The van der Waals surface area contributed by atoms with Crippen LogP contribution in [0.25, 0.3) is 6.08 Å². The van der Waals surface area contributed by atoms with Gasteiger partial charge < -0.3 is 14.2 Å². The zero-order chi connectivity index (χ0) is 29.2. The molecule has 2 aliphatic rings. The Kier molecular flexibility index (Phi) is 7.64. The fourth-order valence-corrected chi connectivity index (χ4v) is 6.51. The molecule has 4 nitrogen and oxygen atoms in total. The van der Waals surface area contributed by atoms with Crippen LogP contribution in [0, 0.1) is 16.7 Å². The third kappa shape index (κ3) is 5.34. The van der Waals surface area contributed by atoms with Gasteiger partial charge in [-0.3, -0.25) is 4.79 Å². The average Bonchev–Trinajstić information content (AvgIpc) is 3.33. The van der Waals surface area contributed by atoms with Gasteiger partial charge in [0, 0.05) is 5.41 Å². The maximum absolute atomic E-state index is 13.7. The number of hydrogen-bond donors (Lipinski definition) is 0. The Hall–Kier alpha value is -4.31. The molecule has 2 saturated carbocycles.